The van der Waals surface area contributed by atoms with E-state index in [0.29, 0.717) is 24.1 Å². The van der Waals surface area contributed by atoms with Crippen LogP contribution in [0, 0.1) is 0 Å². The molecular weight excluding hydrogens is 326 g/mol. The summed E-state index contributed by atoms with van der Waals surface area (Å²) in [4.78, 5) is 29.7. The summed E-state index contributed by atoms with van der Waals surface area (Å²) in [6, 6.07) is 9.65. The van der Waals surface area contributed by atoms with Crippen molar-refractivity contribution >= 4 is 23.6 Å². The number of rotatable bonds is 8. The van der Waals surface area contributed by atoms with Gasteiger partial charge in [0.05, 0.1) is 12.3 Å². The van der Waals surface area contributed by atoms with Gasteiger partial charge >= 0.3 is 0 Å². The fourth-order valence-electron chi connectivity index (χ4n) is 2.06. The largest absolute Gasteiger partial charge is 0.355 e. The zero-order valence-electron chi connectivity index (χ0n) is 13.8. The minimum absolute atomic E-state index is 0.0764. The highest BCUT2D eigenvalue weighted by molar-refractivity contribution is 7.99. The van der Waals surface area contributed by atoms with E-state index in [1.54, 1.807) is 0 Å². The van der Waals surface area contributed by atoms with Crippen molar-refractivity contribution in [3.63, 3.8) is 0 Å². The molecule has 0 atom stereocenters. The molecule has 0 spiro atoms. The van der Waals surface area contributed by atoms with Crippen molar-refractivity contribution in [3.8, 4) is 11.4 Å². The Kier molecular flexibility index (Phi) is 6.80. The van der Waals surface area contributed by atoms with Crippen molar-refractivity contribution in [2.75, 3.05) is 25.4 Å². The maximum absolute atomic E-state index is 12.2. The molecule has 0 aliphatic rings. The van der Waals surface area contributed by atoms with Crippen LogP contribution in [0.5, 0.6) is 0 Å². The minimum atomic E-state index is -0.151. The second kappa shape index (κ2) is 9.07. The van der Waals surface area contributed by atoms with Crippen LogP contribution in [-0.4, -0.2) is 57.3 Å². The van der Waals surface area contributed by atoms with Gasteiger partial charge in [-0.05, 0) is 13.8 Å². The predicted octanol–water partition coefficient (Wildman–Crippen LogP) is 1.55. The van der Waals surface area contributed by atoms with E-state index in [1.807, 2.05) is 44.2 Å². The van der Waals surface area contributed by atoms with Gasteiger partial charge in [0.1, 0.15) is 0 Å². The van der Waals surface area contributed by atoms with E-state index in [1.165, 1.54) is 16.7 Å². The predicted molar refractivity (Wildman–Crippen MR) is 93.5 cm³/mol. The Morgan fingerprint density at radius 3 is 2.67 bits per heavy atom. The number of carbonyl (C=O) groups is 2. The molecule has 0 aliphatic heterocycles. The number of thioether (sulfide) groups is 1. The second-order valence-electron chi connectivity index (χ2n) is 4.98. The molecule has 0 radical (unpaired) electrons. The van der Waals surface area contributed by atoms with E-state index >= 15 is 0 Å². The highest BCUT2D eigenvalue weighted by Crippen LogP contribution is 2.19. The number of carbonyl (C=O) groups excluding carboxylic acids is 2. The van der Waals surface area contributed by atoms with Crippen LogP contribution in [0.15, 0.2) is 35.5 Å². The van der Waals surface area contributed by atoms with E-state index in [9.17, 15) is 9.59 Å². The molecular formula is C16H21N5O2S. The number of nitrogens with one attached hydrogen (secondary N) is 2. The van der Waals surface area contributed by atoms with Crippen LogP contribution in [0.1, 0.15) is 13.8 Å². The van der Waals surface area contributed by atoms with Gasteiger partial charge in [0.25, 0.3) is 0 Å². The zero-order chi connectivity index (χ0) is 17.4. The Bertz CT molecular complexity index is 674. The molecule has 7 nitrogen and oxygen atoms in total. The smallest absolute Gasteiger partial charge is 0.239 e. The molecule has 1 heterocycles. The Labute approximate surface area is 145 Å². The summed E-state index contributed by atoms with van der Waals surface area (Å²) >= 11 is 1.25. The molecule has 2 amide bonds. The van der Waals surface area contributed by atoms with Gasteiger partial charge < -0.3 is 10.2 Å². The number of amides is 2. The van der Waals surface area contributed by atoms with Gasteiger partial charge in [0.2, 0.25) is 17.0 Å². The number of benzene rings is 1. The molecule has 0 aliphatic carbocycles. The van der Waals surface area contributed by atoms with Crippen LogP contribution in [0.3, 0.4) is 0 Å². The van der Waals surface area contributed by atoms with E-state index in [0.717, 1.165) is 5.56 Å². The first kappa shape index (κ1) is 18.0. The lowest BCUT2D eigenvalue weighted by atomic mass is 10.2. The average molecular weight is 347 g/mol. The minimum Gasteiger partial charge on any atom is -0.355 e. The number of hydrogen-bond acceptors (Lipinski definition) is 5. The topological polar surface area (TPSA) is 91.0 Å². The summed E-state index contributed by atoms with van der Waals surface area (Å²) in [5.74, 6) is 0.598. The lowest BCUT2D eigenvalue weighted by Crippen LogP contribution is -2.41. The first-order valence-corrected chi connectivity index (χ1v) is 8.77. The number of nitrogens with zero attached hydrogens (tertiary/aromatic N) is 3. The maximum Gasteiger partial charge on any atom is 0.239 e. The van der Waals surface area contributed by atoms with Crippen LogP contribution in [0.4, 0.5) is 0 Å². The van der Waals surface area contributed by atoms with E-state index in [4.69, 9.17) is 0 Å². The van der Waals surface area contributed by atoms with Gasteiger partial charge in [-0.1, -0.05) is 42.1 Å². The van der Waals surface area contributed by atoms with Crippen LogP contribution in [0.25, 0.3) is 11.4 Å². The first-order chi connectivity index (χ1) is 11.6. The molecule has 0 saturated carbocycles. The average Bonchev–Trinajstić information content (AvgIpc) is 3.07. The molecule has 1 aromatic heterocycles. The van der Waals surface area contributed by atoms with Crippen molar-refractivity contribution in [2.45, 2.75) is 19.0 Å². The summed E-state index contributed by atoms with van der Waals surface area (Å²) < 4.78 is 0. The molecule has 2 rings (SSSR count). The Hall–Kier alpha value is -2.35. The third-order valence-electron chi connectivity index (χ3n) is 3.28. The normalized spacial score (nSPS) is 10.4. The van der Waals surface area contributed by atoms with Crippen molar-refractivity contribution in [3.05, 3.63) is 30.3 Å². The van der Waals surface area contributed by atoms with Crippen LogP contribution in [-0.2, 0) is 9.59 Å². The lowest BCUT2D eigenvalue weighted by Gasteiger charge is -2.19. The Balaban J connectivity index is 1.89. The Morgan fingerprint density at radius 1 is 1.25 bits per heavy atom. The van der Waals surface area contributed by atoms with E-state index < -0.39 is 0 Å². The van der Waals surface area contributed by atoms with E-state index in [2.05, 4.69) is 20.5 Å². The van der Waals surface area contributed by atoms with Crippen LogP contribution in [0.2, 0.25) is 0 Å². The summed E-state index contributed by atoms with van der Waals surface area (Å²) in [6.07, 6.45) is 0. The van der Waals surface area contributed by atoms with Crippen LogP contribution >= 0.6 is 11.8 Å². The molecule has 8 heteroatoms. The maximum atomic E-state index is 12.2. The highest BCUT2D eigenvalue weighted by atomic mass is 32.2. The second-order valence-corrected chi connectivity index (χ2v) is 5.93. The van der Waals surface area contributed by atoms with Crippen molar-refractivity contribution < 1.29 is 9.59 Å². The monoisotopic (exact) mass is 347 g/mol. The molecule has 2 N–H and O–H groups in total. The molecule has 128 valence electrons. The van der Waals surface area contributed by atoms with Crippen LogP contribution < -0.4 is 5.32 Å². The SMILES string of the molecule is CCNC(=O)CN(CC)C(=O)CSc1n[nH]c(-c2ccccc2)n1. The molecule has 24 heavy (non-hydrogen) atoms. The van der Waals surface area contributed by atoms with Gasteiger partial charge in [-0.3, -0.25) is 14.7 Å². The number of aromatic nitrogens is 3. The zero-order valence-corrected chi connectivity index (χ0v) is 14.6. The number of hydrogen-bond donors (Lipinski definition) is 2. The van der Waals surface area contributed by atoms with Gasteiger partial charge in [-0.2, -0.15) is 0 Å². The molecule has 0 unspecified atom stereocenters. The number of likely N-dealkylation sites (N-methyl/N-ethyl adjacent to an activating group) is 2. The third-order valence-corrected chi connectivity index (χ3v) is 4.11. The molecule has 0 fully saturated rings. The van der Waals surface area contributed by atoms with Gasteiger partial charge in [0, 0.05) is 18.7 Å². The summed E-state index contributed by atoms with van der Waals surface area (Å²) in [7, 11) is 0. The van der Waals surface area contributed by atoms with Gasteiger partial charge in [-0.25, -0.2) is 4.98 Å². The summed E-state index contributed by atoms with van der Waals surface area (Å²) in [6.45, 7) is 4.81. The molecule has 0 saturated heterocycles. The fraction of sp³-hybridized carbons (Fsp3) is 0.375. The van der Waals surface area contributed by atoms with Crippen molar-refractivity contribution in [1.29, 1.82) is 0 Å². The Morgan fingerprint density at radius 2 is 2.00 bits per heavy atom. The molecule has 0 bridgehead atoms. The lowest BCUT2D eigenvalue weighted by molar-refractivity contribution is -0.133. The molecule has 2 aromatic rings. The van der Waals surface area contributed by atoms with E-state index in [-0.39, 0.29) is 24.1 Å². The molecule has 1 aromatic carbocycles. The highest BCUT2D eigenvalue weighted by Gasteiger charge is 2.16. The first-order valence-electron chi connectivity index (χ1n) is 7.79. The number of aromatic amines is 1. The van der Waals surface area contributed by atoms with Crippen molar-refractivity contribution in [1.82, 2.24) is 25.4 Å². The summed E-state index contributed by atoms with van der Waals surface area (Å²) in [5, 5.41) is 10.2. The third kappa shape index (κ3) is 5.09. The quantitative estimate of drug-likeness (QED) is 0.707. The number of H-pyrrole nitrogens is 1. The van der Waals surface area contributed by atoms with Gasteiger partial charge in [0.15, 0.2) is 5.82 Å². The summed E-state index contributed by atoms with van der Waals surface area (Å²) in [5.41, 5.74) is 0.939. The fourth-order valence-corrected chi connectivity index (χ4v) is 2.76. The standard InChI is InChI=1S/C16H21N5O2S/c1-3-17-13(22)10-21(4-2)14(23)11-24-16-18-15(19-20-16)12-8-6-5-7-9-12/h5-9H,3-4,10-11H2,1-2H3,(H,17,22)(H,18,19,20). The van der Waals surface area contributed by atoms with Crippen molar-refractivity contribution in [2.24, 2.45) is 0 Å². The van der Waals surface area contributed by atoms with Gasteiger partial charge in [-0.15, -0.1) is 5.10 Å².